The van der Waals surface area contributed by atoms with Gasteiger partial charge in [-0.05, 0) is 31.9 Å². The fourth-order valence-electron chi connectivity index (χ4n) is 2.36. The molecule has 1 aliphatic rings. The number of rotatable bonds is 2. The molecule has 0 spiro atoms. The average Bonchev–Trinajstić information content (AvgIpc) is 2.29. The van der Waals surface area contributed by atoms with E-state index in [9.17, 15) is 9.50 Å². The van der Waals surface area contributed by atoms with Crippen LogP contribution in [0.1, 0.15) is 31.4 Å². The monoisotopic (exact) mass is 238 g/mol. The fourth-order valence-corrected chi connectivity index (χ4v) is 2.36. The lowest BCUT2D eigenvalue weighted by atomic mass is 10.0. The number of nitrogens with two attached hydrogens (primary N) is 1. The van der Waals surface area contributed by atoms with Gasteiger partial charge in [0, 0.05) is 30.4 Å². The summed E-state index contributed by atoms with van der Waals surface area (Å²) >= 11 is 0. The summed E-state index contributed by atoms with van der Waals surface area (Å²) < 4.78 is 13.8. The van der Waals surface area contributed by atoms with Crippen molar-refractivity contribution in [2.75, 3.05) is 18.0 Å². The molecule has 1 saturated heterocycles. The molecule has 0 unspecified atom stereocenters. The van der Waals surface area contributed by atoms with Gasteiger partial charge in [0.2, 0.25) is 0 Å². The molecule has 0 aromatic heterocycles. The molecule has 0 saturated carbocycles. The molecule has 0 amide bonds. The first kappa shape index (κ1) is 12.3. The Morgan fingerprint density at radius 1 is 1.41 bits per heavy atom. The molecule has 1 fully saturated rings. The molecule has 2 rings (SSSR count). The first-order chi connectivity index (χ1) is 8.09. The number of piperidine rings is 1. The Kier molecular flexibility index (Phi) is 3.64. The summed E-state index contributed by atoms with van der Waals surface area (Å²) in [6, 6.07) is 4.74. The molecule has 0 bridgehead atoms. The van der Waals surface area contributed by atoms with E-state index in [0.29, 0.717) is 5.56 Å². The van der Waals surface area contributed by atoms with Gasteiger partial charge < -0.3 is 15.7 Å². The van der Waals surface area contributed by atoms with Crippen molar-refractivity contribution in [3.8, 4) is 0 Å². The van der Waals surface area contributed by atoms with Crippen molar-refractivity contribution in [3.05, 3.63) is 29.6 Å². The third-order valence-corrected chi connectivity index (χ3v) is 3.29. The molecule has 0 radical (unpaired) electrons. The van der Waals surface area contributed by atoms with Crippen molar-refractivity contribution >= 4 is 5.69 Å². The normalized spacial score (nSPS) is 19.4. The first-order valence-electron chi connectivity index (χ1n) is 6.06. The van der Waals surface area contributed by atoms with E-state index in [1.165, 1.54) is 6.07 Å². The maximum absolute atomic E-state index is 13.8. The van der Waals surface area contributed by atoms with Gasteiger partial charge in [-0.1, -0.05) is 6.07 Å². The lowest BCUT2D eigenvalue weighted by Gasteiger charge is -2.33. The van der Waals surface area contributed by atoms with E-state index in [0.717, 1.165) is 31.6 Å². The van der Waals surface area contributed by atoms with Crippen molar-refractivity contribution in [1.29, 1.82) is 0 Å². The van der Waals surface area contributed by atoms with Gasteiger partial charge in [0.15, 0.2) is 0 Å². The number of hydrogen-bond donors (Lipinski definition) is 2. The van der Waals surface area contributed by atoms with Crippen LogP contribution in [0.25, 0.3) is 0 Å². The van der Waals surface area contributed by atoms with Crippen LogP contribution < -0.4 is 10.6 Å². The molecule has 3 N–H and O–H groups in total. The van der Waals surface area contributed by atoms with Gasteiger partial charge in [-0.3, -0.25) is 0 Å². The van der Waals surface area contributed by atoms with Crippen LogP contribution >= 0.6 is 0 Å². The Bertz CT molecular complexity index is 387. The predicted octanol–water partition coefficient (Wildman–Crippen LogP) is 1.81. The van der Waals surface area contributed by atoms with Gasteiger partial charge in [-0.15, -0.1) is 0 Å². The zero-order chi connectivity index (χ0) is 12.4. The maximum Gasteiger partial charge on any atom is 0.130 e. The number of halogens is 1. The molecule has 1 heterocycles. The molecule has 4 heteroatoms. The van der Waals surface area contributed by atoms with Crippen molar-refractivity contribution in [2.45, 2.75) is 31.9 Å². The van der Waals surface area contributed by atoms with Gasteiger partial charge in [0.1, 0.15) is 5.82 Å². The summed E-state index contributed by atoms with van der Waals surface area (Å²) in [6.07, 6.45) is 1.24. The molecular weight excluding hydrogens is 219 g/mol. The number of anilines is 1. The minimum atomic E-state index is -0.321. The molecule has 1 aromatic carbocycles. The van der Waals surface area contributed by atoms with Gasteiger partial charge >= 0.3 is 0 Å². The Hall–Kier alpha value is -1.13. The highest BCUT2D eigenvalue weighted by Gasteiger charge is 2.21. The van der Waals surface area contributed by atoms with Crippen LogP contribution in [0.5, 0.6) is 0 Å². The van der Waals surface area contributed by atoms with E-state index in [-0.39, 0.29) is 18.0 Å². The second kappa shape index (κ2) is 5.02. The highest BCUT2D eigenvalue weighted by molar-refractivity contribution is 5.55. The molecule has 1 aliphatic heterocycles. The Morgan fingerprint density at radius 2 is 2.06 bits per heavy atom. The zero-order valence-corrected chi connectivity index (χ0v) is 10.1. The molecule has 94 valence electrons. The molecule has 1 aromatic rings. The van der Waals surface area contributed by atoms with E-state index >= 15 is 0 Å². The third-order valence-electron chi connectivity index (χ3n) is 3.29. The zero-order valence-electron chi connectivity index (χ0n) is 10.1. The lowest BCUT2D eigenvalue weighted by molar-refractivity contribution is 0.145. The maximum atomic E-state index is 13.8. The Balaban J connectivity index is 2.28. The third kappa shape index (κ3) is 2.58. The minimum absolute atomic E-state index is 0.224. The van der Waals surface area contributed by atoms with Crippen LogP contribution in [0.15, 0.2) is 18.2 Å². The largest absolute Gasteiger partial charge is 0.393 e. The summed E-state index contributed by atoms with van der Waals surface area (Å²) in [5.74, 6) is -0.247. The fraction of sp³-hybridized carbons (Fsp3) is 0.538. The molecule has 1 atom stereocenters. The van der Waals surface area contributed by atoms with Crippen LogP contribution in [0.4, 0.5) is 10.1 Å². The van der Waals surface area contributed by atoms with Crippen molar-refractivity contribution in [1.82, 2.24) is 0 Å². The number of benzene rings is 1. The van der Waals surface area contributed by atoms with E-state index in [2.05, 4.69) is 4.90 Å². The Labute approximate surface area is 101 Å². The van der Waals surface area contributed by atoms with Crippen LogP contribution in [-0.4, -0.2) is 24.3 Å². The first-order valence-corrected chi connectivity index (χ1v) is 6.06. The minimum Gasteiger partial charge on any atom is -0.393 e. The molecular formula is C13H19FN2O. The molecule has 0 aliphatic carbocycles. The topological polar surface area (TPSA) is 49.5 Å². The summed E-state index contributed by atoms with van der Waals surface area (Å²) in [5, 5.41) is 9.48. The molecule has 3 nitrogen and oxygen atoms in total. The Morgan fingerprint density at radius 3 is 2.65 bits per heavy atom. The average molecular weight is 238 g/mol. The van der Waals surface area contributed by atoms with Crippen LogP contribution in [0, 0.1) is 5.82 Å². The van der Waals surface area contributed by atoms with Crippen LogP contribution in [0.2, 0.25) is 0 Å². The van der Waals surface area contributed by atoms with Gasteiger partial charge in [-0.2, -0.15) is 0 Å². The van der Waals surface area contributed by atoms with Crippen molar-refractivity contribution in [3.63, 3.8) is 0 Å². The van der Waals surface area contributed by atoms with E-state index in [4.69, 9.17) is 5.73 Å². The van der Waals surface area contributed by atoms with Crippen LogP contribution in [-0.2, 0) is 0 Å². The second-order valence-corrected chi connectivity index (χ2v) is 4.68. The lowest BCUT2D eigenvalue weighted by Crippen LogP contribution is -2.36. The summed E-state index contributed by atoms with van der Waals surface area (Å²) in [4.78, 5) is 2.11. The number of hydrogen-bond acceptors (Lipinski definition) is 3. The summed E-state index contributed by atoms with van der Waals surface area (Å²) in [5.41, 5.74) is 7.27. The second-order valence-electron chi connectivity index (χ2n) is 4.68. The van der Waals surface area contributed by atoms with Gasteiger partial charge in [0.25, 0.3) is 0 Å². The number of nitrogens with zero attached hydrogens (tertiary/aromatic N) is 1. The van der Waals surface area contributed by atoms with E-state index < -0.39 is 0 Å². The highest BCUT2D eigenvalue weighted by atomic mass is 19.1. The summed E-state index contributed by atoms with van der Waals surface area (Å²) in [6.45, 7) is 3.30. The number of aliphatic hydroxyl groups is 1. The number of aliphatic hydroxyl groups excluding tert-OH is 1. The van der Waals surface area contributed by atoms with Crippen molar-refractivity contribution < 1.29 is 9.50 Å². The van der Waals surface area contributed by atoms with E-state index in [1.807, 2.05) is 6.07 Å². The molecule has 17 heavy (non-hydrogen) atoms. The van der Waals surface area contributed by atoms with E-state index in [1.54, 1.807) is 13.0 Å². The quantitative estimate of drug-likeness (QED) is 0.826. The predicted molar refractivity (Wildman–Crippen MR) is 66.5 cm³/mol. The van der Waals surface area contributed by atoms with Crippen LogP contribution in [0.3, 0.4) is 0 Å². The SMILES string of the molecule is C[C@@H](N)c1c(F)cccc1N1CCC(O)CC1. The van der Waals surface area contributed by atoms with Gasteiger partial charge in [0.05, 0.1) is 6.10 Å². The van der Waals surface area contributed by atoms with Gasteiger partial charge in [-0.25, -0.2) is 4.39 Å². The summed E-state index contributed by atoms with van der Waals surface area (Å²) in [7, 11) is 0. The standard InChI is InChI=1S/C13H19FN2O/c1-9(15)13-11(14)3-2-4-12(13)16-7-5-10(17)6-8-16/h2-4,9-10,17H,5-8,15H2,1H3/t9-/m1/s1. The highest BCUT2D eigenvalue weighted by Crippen LogP contribution is 2.29. The van der Waals surface area contributed by atoms with Crippen molar-refractivity contribution in [2.24, 2.45) is 5.73 Å². The smallest absolute Gasteiger partial charge is 0.130 e.